The number of halogens is 2. The zero-order chi connectivity index (χ0) is 18.7. The minimum Gasteiger partial charge on any atom is -0.332 e. The van der Waals surface area contributed by atoms with Crippen LogP contribution in [0.1, 0.15) is 19.3 Å². The second-order valence-corrected chi connectivity index (χ2v) is 6.13. The number of thiocarbonyl (C=S) groups is 1. The molecule has 134 valence electrons. The molecule has 0 spiro atoms. The minimum atomic E-state index is -0.758. The molecule has 8 heteroatoms. The van der Waals surface area contributed by atoms with Gasteiger partial charge in [-0.25, -0.2) is 8.78 Å². The van der Waals surface area contributed by atoms with Gasteiger partial charge >= 0.3 is 0 Å². The Labute approximate surface area is 154 Å². The van der Waals surface area contributed by atoms with Gasteiger partial charge in [-0.2, -0.15) is 0 Å². The van der Waals surface area contributed by atoms with E-state index in [1.165, 1.54) is 11.0 Å². The fourth-order valence-electron chi connectivity index (χ4n) is 2.61. The summed E-state index contributed by atoms with van der Waals surface area (Å²) in [5.41, 5.74) is 1.13. The lowest BCUT2D eigenvalue weighted by molar-refractivity contribution is -0.129. The summed E-state index contributed by atoms with van der Waals surface area (Å²) in [5, 5.41) is 5.61. The van der Waals surface area contributed by atoms with E-state index in [4.69, 9.17) is 12.2 Å². The van der Waals surface area contributed by atoms with Crippen LogP contribution in [0.4, 0.5) is 25.8 Å². The van der Waals surface area contributed by atoms with Crippen molar-refractivity contribution in [3.63, 3.8) is 0 Å². The van der Waals surface area contributed by atoms with Crippen molar-refractivity contribution < 1.29 is 18.4 Å². The van der Waals surface area contributed by atoms with Crippen LogP contribution in [0.2, 0.25) is 0 Å². The summed E-state index contributed by atoms with van der Waals surface area (Å²) in [5.74, 6) is -1.87. The van der Waals surface area contributed by atoms with Crippen LogP contribution < -0.4 is 15.5 Å². The van der Waals surface area contributed by atoms with Crippen LogP contribution in [-0.4, -0.2) is 16.9 Å². The molecule has 1 aliphatic rings. The zero-order valence-electron chi connectivity index (χ0n) is 13.6. The molecule has 1 saturated heterocycles. The molecule has 1 heterocycles. The summed E-state index contributed by atoms with van der Waals surface area (Å²) in [4.78, 5) is 25.0. The number of benzene rings is 2. The molecule has 3 rings (SSSR count). The van der Waals surface area contributed by atoms with Gasteiger partial charge in [-0.3, -0.25) is 14.5 Å². The molecule has 0 atom stereocenters. The summed E-state index contributed by atoms with van der Waals surface area (Å²) in [6, 6.07) is 9.69. The molecule has 26 heavy (non-hydrogen) atoms. The van der Waals surface area contributed by atoms with Crippen LogP contribution in [0.3, 0.4) is 0 Å². The molecule has 1 aliphatic heterocycles. The first kappa shape index (κ1) is 17.9. The van der Waals surface area contributed by atoms with Crippen molar-refractivity contribution >= 4 is 46.2 Å². The van der Waals surface area contributed by atoms with Crippen molar-refractivity contribution in [1.82, 2.24) is 0 Å². The number of rotatable bonds is 3. The molecule has 0 aliphatic carbocycles. The number of amides is 2. The Morgan fingerprint density at radius 2 is 1.62 bits per heavy atom. The fraction of sp³-hybridized carbons (Fsp3) is 0.167. The molecule has 5 nitrogen and oxygen atoms in total. The van der Waals surface area contributed by atoms with E-state index < -0.39 is 11.6 Å². The maximum atomic E-state index is 13.6. The number of imide groups is 1. The summed E-state index contributed by atoms with van der Waals surface area (Å²) in [6.45, 7) is 0. The number of carbonyl (C=O) groups excluding carboxylic acids is 2. The van der Waals surface area contributed by atoms with Gasteiger partial charge in [-0.1, -0.05) is 0 Å². The number of hydrogen-bond donors (Lipinski definition) is 2. The van der Waals surface area contributed by atoms with Gasteiger partial charge in [0.1, 0.15) is 11.6 Å². The number of hydrogen-bond acceptors (Lipinski definition) is 3. The molecule has 2 aromatic rings. The van der Waals surface area contributed by atoms with Crippen molar-refractivity contribution in [3.8, 4) is 0 Å². The van der Waals surface area contributed by atoms with Crippen molar-refractivity contribution in [2.24, 2.45) is 0 Å². The number of nitrogens with one attached hydrogen (secondary N) is 2. The van der Waals surface area contributed by atoms with E-state index in [1.807, 2.05) is 0 Å². The van der Waals surface area contributed by atoms with E-state index in [9.17, 15) is 18.4 Å². The summed E-state index contributed by atoms with van der Waals surface area (Å²) in [6.07, 6.45) is 1.28. The van der Waals surface area contributed by atoms with Crippen molar-refractivity contribution in [2.45, 2.75) is 19.3 Å². The lowest BCUT2D eigenvalue weighted by Gasteiger charge is -2.25. The summed E-state index contributed by atoms with van der Waals surface area (Å²) >= 11 is 5.10. The van der Waals surface area contributed by atoms with Crippen LogP contribution in [0.15, 0.2) is 42.5 Å². The average Bonchev–Trinajstić information content (AvgIpc) is 2.59. The van der Waals surface area contributed by atoms with Gasteiger partial charge < -0.3 is 10.6 Å². The summed E-state index contributed by atoms with van der Waals surface area (Å²) < 4.78 is 26.5. The van der Waals surface area contributed by atoms with Crippen LogP contribution in [0, 0.1) is 11.6 Å². The third-order valence-electron chi connectivity index (χ3n) is 3.84. The van der Waals surface area contributed by atoms with Crippen molar-refractivity contribution in [3.05, 3.63) is 54.1 Å². The smallest absolute Gasteiger partial charge is 0.233 e. The molecule has 2 N–H and O–H groups in total. The highest BCUT2D eigenvalue weighted by atomic mass is 32.1. The number of nitrogens with zero attached hydrogens (tertiary/aromatic N) is 1. The molecular formula is C18H15F2N3O2S. The molecule has 0 saturated carbocycles. The van der Waals surface area contributed by atoms with Crippen LogP contribution in [0.5, 0.6) is 0 Å². The highest BCUT2D eigenvalue weighted by molar-refractivity contribution is 7.80. The maximum absolute atomic E-state index is 13.6. The SMILES string of the molecule is O=C1CCCC(=O)N1c1ccc(NC(=S)Nc2ccc(F)cc2F)cc1. The Kier molecular flexibility index (Phi) is 5.22. The quantitative estimate of drug-likeness (QED) is 0.631. The third-order valence-corrected chi connectivity index (χ3v) is 4.05. The molecular weight excluding hydrogens is 360 g/mol. The largest absolute Gasteiger partial charge is 0.332 e. The van der Waals surface area contributed by atoms with E-state index in [2.05, 4.69) is 10.6 Å². The highest BCUT2D eigenvalue weighted by Crippen LogP contribution is 2.24. The van der Waals surface area contributed by atoms with Gasteiger partial charge in [-0.05, 0) is 55.0 Å². The van der Waals surface area contributed by atoms with E-state index in [-0.39, 0.29) is 22.6 Å². The molecule has 1 fully saturated rings. The lowest BCUT2D eigenvalue weighted by Crippen LogP contribution is -2.40. The van der Waals surface area contributed by atoms with Gasteiger partial charge in [0.15, 0.2) is 5.11 Å². The predicted molar refractivity (Wildman–Crippen MR) is 99.0 cm³/mol. The Hall–Kier alpha value is -2.87. The Balaban J connectivity index is 1.66. The first-order valence-electron chi connectivity index (χ1n) is 7.93. The van der Waals surface area contributed by atoms with Crippen LogP contribution in [-0.2, 0) is 9.59 Å². The molecule has 0 bridgehead atoms. The highest BCUT2D eigenvalue weighted by Gasteiger charge is 2.27. The molecule has 2 aromatic carbocycles. The normalized spacial score (nSPS) is 14.3. The van der Waals surface area contributed by atoms with E-state index in [0.29, 0.717) is 30.6 Å². The van der Waals surface area contributed by atoms with Gasteiger partial charge in [-0.15, -0.1) is 0 Å². The van der Waals surface area contributed by atoms with Gasteiger partial charge in [0.05, 0.1) is 11.4 Å². The zero-order valence-corrected chi connectivity index (χ0v) is 14.4. The number of carbonyl (C=O) groups is 2. The number of anilines is 3. The molecule has 0 radical (unpaired) electrons. The first-order chi connectivity index (χ1) is 12.4. The molecule has 0 unspecified atom stereocenters. The standard InChI is InChI=1S/C18H15F2N3O2S/c19-11-4-9-15(14(20)10-11)22-18(26)21-12-5-7-13(8-6-12)23-16(24)2-1-3-17(23)25/h4-10H,1-3H2,(H2,21,22,26). The van der Waals surface area contributed by atoms with E-state index in [0.717, 1.165) is 12.1 Å². The Morgan fingerprint density at radius 3 is 2.23 bits per heavy atom. The Bertz CT molecular complexity index is 855. The fourth-order valence-corrected chi connectivity index (χ4v) is 2.84. The van der Waals surface area contributed by atoms with Crippen molar-refractivity contribution in [2.75, 3.05) is 15.5 Å². The van der Waals surface area contributed by atoms with Gasteiger partial charge in [0.25, 0.3) is 0 Å². The first-order valence-corrected chi connectivity index (χ1v) is 8.34. The van der Waals surface area contributed by atoms with E-state index in [1.54, 1.807) is 24.3 Å². The summed E-state index contributed by atoms with van der Waals surface area (Å²) in [7, 11) is 0. The van der Waals surface area contributed by atoms with Crippen molar-refractivity contribution in [1.29, 1.82) is 0 Å². The van der Waals surface area contributed by atoms with Gasteiger partial charge in [0.2, 0.25) is 11.8 Å². The second kappa shape index (κ2) is 7.57. The Morgan fingerprint density at radius 1 is 0.962 bits per heavy atom. The number of piperidine rings is 1. The lowest BCUT2D eigenvalue weighted by atomic mass is 10.1. The second-order valence-electron chi connectivity index (χ2n) is 5.73. The predicted octanol–water partition coefficient (Wildman–Crippen LogP) is 3.82. The van der Waals surface area contributed by atoms with E-state index >= 15 is 0 Å². The average molecular weight is 375 g/mol. The van der Waals surface area contributed by atoms with Gasteiger partial charge in [0, 0.05) is 24.6 Å². The maximum Gasteiger partial charge on any atom is 0.233 e. The molecule has 2 amide bonds. The monoisotopic (exact) mass is 375 g/mol. The molecule has 0 aromatic heterocycles. The van der Waals surface area contributed by atoms with Crippen LogP contribution in [0.25, 0.3) is 0 Å². The minimum absolute atomic E-state index is 0.0463. The third kappa shape index (κ3) is 4.02. The topological polar surface area (TPSA) is 61.4 Å². The van der Waals surface area contributed by atoms with Crippen LogP contribution >= 0.6 is 12.2 Å².